The van der Waals surface area contributed by atoms with Crippen molar-refractivity contribution in [2.75, 3.05) is 40.1 Å². The third kappa shape index (κ3) is 6.34. The van der Waals surface area contributed by atoms with Gasteiger partial charge in [0, 0.05) is 38.1 Å². The van der Waals surface area contributed by atoms with Gasteiger partial charge in [-0.15, -0.1) is 0 Å². The molecule has 41 heavy (non-hydrogen) atoms. The Morgan fingerprint density at radius 3 is 2.39 bits per heavy atom. The van der Waals surface area contributed by atoms with E-state index in [4.69, 9.17) is 14.2 Å². The number of fused-ring (bicyclic) bond motifs is 1. The fourth-order valence-corrected chi connectivity index (χ4v) is 7.51. The highest BCUT2D eigenvalue weighted by molar-refractivity contribution is 7.88. The Labute approximate surface area is 241 Å². The number of likely N-dealkylation sites (tertiary alicyclic amines) is 1. The van der Waals surface area contributed by atoms with Gasteiger partial charge in [0.1, 0.15) is 5.75 Å². The number of hydrogen-bond donors (Lipinski definition) is 1. The smallest absolute Gasteiger partial charge is 0.309 e. The number of ether oxygens (including phenoxy) is 3. The molecule has 3 atom stereocenters. The molecule has 0 saturated carbocycles. The van der Waals surface area contributed by atoms with Gasteiger partial charge < -0.3 is 19.3 Å². The van der Waals surface area contributed by atoms with Gasteiger partial charge in [-0.1, -0.05) is 55.5 Å². The highest BCUT2D eigenvalue weighted by Crippen LogP contribution is 2.47. The topological polar surface area (TPSA) is 106 Å². The Kier molecular flexibility index (Phi) is 8.82. The summed E-state index contributed by atoms with van der Waals surface area (Å²) in [6.07, 6.45) is 0.674. The second kappa shape index (κ2) is 12.5. The maximum Gasteiger partial charge on any atom is 0.309 e. The molecule has 0 bridgehead atoms. The number of methoxy groups -OCH3 is 1. The average molecular weight is 581 g/mol. The van der Waals surface area contributed by atoms with Crippen LogP contribution in [0.25, 0.3) is 0 Å². The van der Waals surface area contributed by atoms with Gasteiger partial charge >= 0.3 is 5.97 Å². The normalized spacial score (nSPS) is 20.4. The van der Waals surface area contributed by atoms with Crippen molar-refractivity contribution >= 4 is 16.0 Å². The zero-order valence-corrected chi connectivity index (χ0v) is 24.1. The van der Waals surface area contributed by atoms with E-state index in [9.17, 15) is 18.3 Å². The van der Waals surface area contributed by atoms with Gasteiger partial charge in [0.25, 0.3) is 0 Å². The van der Waals surface area contributed by atoms with Crippen molar-refractivity contribution in [3.63, 3.8) is 0 Å². The molecule has 3 aromatic rings. The Morgan fingerprint density at radius 1 is 1.00 bits per heavy atom. The van der Waals surface area contributed by atoms with Crippen LogP contribution in [0.15, 0.2) is 72.8 Å². The molecule has 0 spiro atoms. The molecule has 2 aliphatic rings. The fourth-order valence-electron chi connectivity index (χ4n) is 5.90. The van der Waals surface area contributed by atoms with Crippen LogP contribution in [0.4, 0.5) is 0 Å². The van der Waals surface area contributed by atoms with E-state index < -0.39 is 28.0 Å². The molecule has 10 heteroatoms. The standard InChI is InChI=1S/C31H36N2O7S/c1-3-15-33(41(36,37)20-22-7-5-4-6-8-22)17-16-32-19-26(24-11-14-27-28(18-24)40-21-39-27)29(31(34)35)30(32)23-9-12-25(38-2)13-10-23/h4-14,18,26,29-30H,3,15-17,19-21H2,1-2H3,(H,34,35)/t26-,29+,30-/m1/s1. The third-order valence-corrected chi connectivity index (χ3v) is 9.71. The minimum Gasteiger partial charge on any atom is -0.497 e. The first-order chi connectivity index (χ1) is 19.8. The summed E-state index contributed by atoms with van der Waals surface area (Å²) in [5.74, 6) is -0.156. The first-order valence-electron chi connectivity index (χ1n) is 13.8. The molecule has 5 rings (SSSR count). The van der Waals surface area contributed by atoms with Crippen LogP contribution in [0.2, 0.25) is 0 Å². The number of nitrogens with zero attached hydrogens (tertiary/aromatic N) is 2. The summed E-state index contributed by atoms with van der Waals surface area (Å²) < 4.78 is 44.8. The number of carboxylic acid groups (broad SMARTS) is 1. The lowest BCUT2D eigenvalue weighted by atomic mass is 9.82. The molecule has 1 fully saturated rings. The van der Waals surface area contributed by atoms with E-state index in [1.807, 2.05) is 79.7 Å². The second-order valence-electron chi connectivity index (χ2n) is 10.4. The van der Waals surface area contributed by atoms with Crippen molar-refractivity contribution in [2.24, 2.45) is 5.92 Å². The summed E-state index contributed by atoms with van der Waals surface area (Å²) in [7, 11) is -1.99. The van der Waals surface area contributed by atoms with E-state index in [2.05, 4.69) is 4.90 Å². The van der Waals surface area contributed by atoms with E-state index in [0.29, 0.717) is 43.3 Å². The maximum absolute atomic E-state index is 13.5. The predicted octanol–water partition coefficient (Wildman–Crippen LogP) is 4.51. The van der Waals surface area contributed by atoms with E-state index >= 15 is 0 Å². The monoisotopic (exact) mass is 580 g/mol. The van der Waals surface area contributed by atoms with Crippen molar-refractivity contribution in [3.8, 4) is 17.2 Å². The Hall–Kier alpha value is -3.60. The largest absolute Gasteiger partial charge is 0.497 e. The van der Waals surface area contributed by atoms with Crippen LogP contribution in [0.1, 0.15) is 42.0 Å². The number of carbonyl (C=O) groups is 1. The Balaban J connectivity index is 1.45. The summed E-state index contributed by atoms with van der Waals surface area (Å²) in [5, 5.41) is 10.5. The molecule has 218 valence electrons. The van der Waals surface area contributed by atoms with Gasteiger partial charge in [0.2, 0.25) is 16.8 Å². The van der Waals surface area contributed by atoms with Crippen LogP contribution in [0, 0.1) is 5.92 Å². The third-order valence-electron chi connectivity index (χ3n) is 7.86. The highest BCUT2D eigenvalue weighted by atomic mass is 32.2. The van der Waals surface area contributed by atoms with Crippen molar-refractivity contribution in [2.45, 2.75) is 31.1 Å². The van der Waals surface area contributed by atoms with Crippen LogP contribution in [0.3, 0.4) is 0 Å². The van der Waals surface area contributed by atoms with Crippen LogP contribution < -0.4 is 14.2 Å². The van der Waals surface area contributed by atoms with Gasteiger partial charge in [-0.25, -0.2) is 12.7 Å². The van der Waals surface area contributed by atoms with Gasteiger partial charge in [0.05, 0.1) is 18.8 Å². The van der Waals surface area contributed by atoms with Gasteiger partial charge in [0.15, 0.2) is 11.5 Å². The van der Waals surface area contributed by atoms with E-state index in [1.54, 1.807) is 7.11 Å². The molecule has 0 amide bonds. The lowest BCUT2D eigenvalue weighted by Crippen LogP contribution is -2.40. The first-order valence-corrected chi connectivity index (χ1v) is 15.4. The predicted molar refractivity (Wildman–Crippen MR) is 155 cm³/mol. The summed E-state index contributed by atoms with van der Waals surface area (Å²) >= 11 is 0. The fraction of sp³-hybridized carbons (Fsp3) is 0.387. The minimum atomic E-state index is -3.58. The van der Waals surface area contributed by atoms with Crippen LogP contribution in [-0.4, -0.2) is 68.8 Å². The minimum absolute atomic E-state index is 0.0761. The number of benzene rings is 3. The molecule has 3 aromatic carbocycles. The SMILES string of the molecule is CCCN(CCN1C[C@H](c2ccc3c(c2)OCO3)[C@H](C(=O)O)[C@H]1c1ccc(OC)cc1)S(=O)(=O)Cc1ccccc1. The number of hydrogen-bond acceptors (Lipinski definition) is 7. The maximum atomic E-state index is 13.5. The zero-order valence-electron chi connectivity index (χ0n) is 23.3. The quantitative estimate of drug-likeness (QED) is 0.334. The van der Waals surface area contributed by atoms with E-state index in [0.717, 1.165) is 16.7 Å². The number of sulfonamides is 1. The second-order valence-corrected chi connectivity index (χ2v) is 12.4. The van der Waals surface area contributed by atoms with Crippen molar-refractivity contribution in [1.29, 1.82) is 0 Å². The number of aliphatic carboxylic acids is 1. The Morgan fingerprint density at radius 2 is 1.71 bits per heavy atom. The van der Waals surface area contributed by atoms with Crippen LogP contribution in [0.5, 0.6) is 17.2 Å². The molecule has 2 aliphatic heterocycles. The van der Waals surface area contributed by atoms with Gasteiger partial charge in [-0.3, -0.25) is 9.69 Å². The zero-order chi connectivity index (χ0) is 29.0. The average Bonchev–Trinajstić information content (AvgIpc) is 3.60. The molecule has 0 aliphatic carbocycles. The first kappa shape index (κ1) is 28.9. The summed E-state index contributed by atoms with van der Waals surface area (Å²) in [6.45, 7) is 3.58. The van der Waals surface area contributed by atoms with Gasteiger partial charge in [-0.05, 0) is 47.4 Å². The molecule has 0 aromatic heterocycles. The van der Waals surface area contributed by atoms with Gasteiger partial charge in [-0.2, -0.15) is 0 Å². The van der Waals surface area contributed by atoms with E-state index in [1.165, 1.54) is 4.31 Å². The molecule has 1 saturated heterocycles. The van der Waals surface area contributed by atoms with Crippen molar-refractivity contribution in [3.05, 3.63) is 89.5 Å². The molecule has 0 radical (unpaired) electrons. The van der Waals surface area contributed by atoms with Crippen LogP contribution in [-0.2, 0) is 20.6 Å². The summed E-state index contributed by atoms with van der Waals surface area (Å²) in [6, 6.07) is 21.7. The lowest BCUT2D eigenvalue weighted by Gasteiger charge is -2.30. The van der Waals surface area contributed by atoms with Crippen LogP contribution >= 0.6 is 0 Å². The lowest BCUT2D eigenvalue weighted by molar-refractivity contribution is -0.143. The molecule has 9 nitrogen and oxygen atoms in total. The molecule has 0 unspecified atom stereocenters. The molecular formula is C31H36N2O7S. The highest BCUT2D eigenvalue weighted by Gasteiger charge is 2.47. The molecular weight excluding hydrogens is 544 g/mol. The molecule has 1 N–H and O–H groups in total. The summed E-state index contributed by atoms with van der Waals surface area (Å²) in [5.41, 5.74) is 2.43. The molecule has 2 heterocycles. The van der Waals surface area contributed by atoms with E-state index in [-0.39, 0.29) is 25.0 Å². The van der Waals surface area contributed by atoms with Crippen molar-refractivity contribution < 1.29 is 32.5 Å². The number of rotatable bonds is 12. The summed E-state index contributed by atoms with van der Waals surface area (Å²) in [4.78, 5) is 15.0. The number of carboxylic acids is 1. The Bertz CT molecular complexity index is 1450. The van der Waals surface area contributed by atoms with Crippen molar-refractivity contribution in [1.82, 2.24) is 9.21 Å².